The van der Waals surface area contributed by atoms with Crippen molar-refractivity contribution in [1.29, 1.82) is 0 Å². The molecule has 4 nitrogen and oxygen atoms in total. The highest BCUT2D eigenvalue weighted by Gasteiger charge is 2.00. The topological polar surface area (TPSA) is 47.6 Å². The Bertz CT molecular complexity index is 432. The van der Waals surface area contributed by atoms with E-state index in [0.29, 0.717) is 23.9 Å². The van der Waals surface area contributed by atoms with Crippen molar-refractivity contribution >= 4 is 23.3 Å². The van der Waals surface area contributed by atoms with Crippen LogP contribution in [0.15, 0.2) is 30.4 Å². The van der Waals surface area contributed by atoms with Crippen LogP contribution in [0, 0.1) is 0 Å². The van der Waals surface area contributed by atoms with Crippen LogP contribution in [-0.2, 0) is 9.53 Å². The molecule has 0 aliphatic rings. The maximum Gasteiger partial charge on any atom is 0.330 e. The number of nitrogens with one attached hydrogen (secondary N) is 1. The summed E-state index contributed by atoms with van der Waals surface area (Å²) in [5.41, 5.74) is 0.866. The second kappa shape index (κ2) is 7.61. The molecule has 0 spiro atoms. The molecule has 1 rings (SSSR count). The van der Waals surface area contributed by atoms with Gasteiger partial charge in [-0.05, 0) is 19.1 Å². The van der Waals surface area contributed by atoms with Crippen molar-refractivity contribution < 1.29 is 14.3 Å². The number of carbonyl (C=O) groups excluding carboxylic acids is 1. The Kier molecular flexibility index (Phi) is 6.08. The van der Waals surface area contributed by atoms with E-state index in [1.807, 2.05) is 6.07 Å². The summed E-state index contributed by atoms with van der Waals surface area (Å²) in [5, 5.41) is 3.67. The highest BCUT2D eigenvalue weighted by molar-refractivity contribution is 6.32. The second-order valence-electron chi connectivity index (χ2n) is 3.38. The fourth-order valence-corrected chi connectivity index (χ4v) is 1.49. The molecule has 1 N–H and O–H groups in total. The van der Waals surface area contributed by atoms with Gasteiger partial charge in [-0.1, -0.05) is 17.7 Å². The van der Waals surface area contributed by atoms with Gasteiger partial charge in [0, 0.05) is 24.4 Å². The molecule has 0 saturated heterocycles. The van der Waals surface area contributed by atoms with E-state index in [-0.39, 0.29) is 5.97 Å². The van der Waals surface area contributed by atoms with E-state index in [9.17, 15) is 4.79 Å². The van der Waals surface area contributed by atoms with Crippen LogP contribution in [0.1, 0.15) is 6.92 Å². The average molecular weight is 270 g/mol. The van der Waals surface area contributed by atoms with E-state index in [4.69, 9.17) is 21.1 Å². The van der Waals surface area contributed by atoms with E-state index in [0.717, 1.165) is 5.69 Å². The van der Waals surface area contributed by atoms with Crippen LogP contribution in [0.25, 0.3) is 0 Å². The Balaban J connectivity index is 2.46. The molecule has 0 aliphatic heterocycles. The van der Waals surface area contributed by atoms with Gasteiger partial charge in [0.25, 0.3) is 0 Å². The Hall–Kier alpha value is -1.68. The third kappa shape index (κ3) is 4.67. The first kappa shape index (κ1) is 14.4. The number of esters is 1. The molecule has 0 atom stereocenters. The molecule has 0 amide bonds. The number of halogens is 1. The Morgan fingerprint density at radius 3 is 2.94 bits per heavy atom. The number of hydrogen-bond acceptors (Lipinski definition) is 4. The van der Waals surface area contributed by atoms with Gasteiger partial charge in [-0.3, -0.25) is 0 Å². The molecule has 1 aromatic rings. The normalized spacial score (nSPS) is 10.4. The molecule has 0 aromatic heterocycles. The number of benzene rings is 1. The number of methoxy groups -OCH3 is 1. The summed E-state index contributed by atoms with van der Waals surface area (Å²) >= 11 is 5.91. The summed E-state index contributed by atoms with van der Waals surface area (Å²) in [6, 6.07) is 5.38. The largest absolute Gasteiger partial charge is 0.495 e. The lowest BCUT2D eigenvalue weighted by Gasteiger charge is -2.07. The lowest BCUT2D eigenvalue weighted by molar-refractivity contribution is -0.137. The average Bonchev–Trinajstić information content (AvgIpc) is 2.37. The predicted molar refractivity (Wildman–Crippen MR) is 72.3 cm³/mol. The molecule has 1 aromatic carbocycles. The summed E-state index contributed by atoms with van der Waals surface area (Å²) in [5.74, 6) is 0.268. The van der Waals surface area contributed by atoms with Crippen molar-refractivity contribution in [3.05, 3.63) is 35.4 Å². The Morgan fingerprint density at radius 2 is 2.28 bits per heavy atom. The van der Waals surface area contributed by atoms with E-state index in [1.54, 1.807) is 32.2 Å². The van der Waals surface area contributed by atoms with Crippen molar-refractivity contribution in [1.82, 2.24) is 0 Å². The molecule has 0 saturated carbocycles. The monoisotopic (exact) mass is 269 g/mol. The maximum absolute atomic E-state index is 11.0. The number of hydrogen-bond donors (Lipinski definition) is 1. The van der Waals surface area contributed by atoms with Gasteiger partial charge in [0.1, 0.15) is 5.75 Å². The third-order valence-corrected chi connectivity index (χ3v) is 2.43. The van der Waals surface area contributed by atoms with Crippen LogP contribution < -0.4 is 10.1 Å². The molecule has 98 valence electrons. The van der Waals surface area contributed by atoms with Crippen LogP contribution in [0.3, 0.4) is 0 Å². The van der Waals surface area contributed by atoms with Gasteiger partial charge in [0.05, 0.1) is 18.7 Å². The summed E-state index contributed by atoms with van der Waals surface area (Å²) in [6.07, 6.45) is 3.09. The Morgan fingerprint density at radius 1 is 1.50 bits per heavy atom. The first-order valence-electron chi connectivity index (χ1n) is 5.58. The highest BCUT2D eigenvalue weighted by atomic mass is 35.5. The highest BCUT2D eigenvalue weighted by Crippen LogP contribution is 2.27. The third-order valence-electron chi connectivity index (χ3n) is 2.12. The Labute approximate surface area is 112 Å². The molecule has 0 fully saturated rings. The lowest BCUT2D eigenvalue weighted by atomic mass is 10.3. The molecule has 0 radical (unpaired) electrons. The molecular weight excluding hydrogens is 254 g/mol. The van der Waals surface area contributed by atoms with Gasteiger partial charge in [0.2, 0.25) is 0 Å². The second-order valence-corrected chi connectivity index (χ2v) is 3.79. The molecule has 0 aliphatic carbocycles. The molecule has 18 heavy (non-hydrogen) atoms. The molecule has 0 bridgehead atoms. The number of rotatable bonds is 6. The summed E-state index contributed by atoms with van der Waals surface area (Å²) < 4.78 is 9.85. The van der Waals surface area contributed by atoms with Gasteiger partial charge in [-0.25, -0.2) is 4.79 Å². The van der Waals surface area contributed by atoms with Gasteiger partial charge < -0.3 is 14.8 Å². The molecule has 0 unspecified atom stereocenters. The minimum absolute atomic E-state index is 0.340. The van der Waals surface area contributed by atoms with Crippen LogP contribution in [0.5, 0.6) is 5.75 Å². The lowest BCUT2D eigenvalue weighted by Crippen LogP contribution is -2.02. The van der Waals surface area contributed by atoms with Crippen LogP contribution in [0.2, 0.25) is 5.02 Å². The minimum Gasteiger partial charge on any atom is -0.495 e. The van der Waals surface area contributed by atoms with Gasteiger partial charge in [-0.15, -0.1) is 0 Å². The SMILES string of the molecule is CCOC(=O)/C=C/CNc1ccc(Cl)c(OC)c1. The molecule has 5 heteroatoms. The minimum atomic E-state index is -0.340. The van der Waals surface area contributed by atoms with Crippen molar-refractivity contribution in [2.45, 2.75) is 6.92 Å². The van der Waals surface area contributed by atoms with Crippen LogP contribution in [0.4, 0.5) is 5.69 Å². The molecule has 0 heterocycles. The van der Waals surface area contributed by atoms with E-state index in [2.05, 4.69) is 5.32 Å². The number of ether oxygens (including phenoxy) is 2. The van der Waals surface area contributed by atoms with E-state index < -0.39 is 0 Å². The zero-order chi connectivity index (χ0) is 13.4. The van der Waals surface area contributed by atoms with Crippen LogP contribution >= 0.6 is 11.6 Å². The smallest absolute Gasteiger partial charge is 0.330 e. The summed E-state index contributed by atoms with van der Waals surface area (Å²) in [6.45, 7) is 2.67. The van der Waals surface area contributed by atoms with Crippen molar-refractivity contribution in [3.63, 3.8) is 0 Å². The van der Waals surface area contributed by atoms with Crippen molar-refractivity contribution in [2.75, 3.05) is 25.6 Å². The summed E-state index contributed by atoms with van der Waals surface area (Å²) in [7, 11) is 1.56. The number of anilines is 1. The summed E-state index contributed by atoms with van der Waals surface area (Å²) in [4.78, 5) is 11.0. The van der Waals surface area contributed by atoms with Crippen molar-refractivity contribution in [3.8, 4) is 5.75 Å². The molecular formula is C13H16ClNO3. The fourth-order valence-electron chi connectivity index (χ4n) is 1.29. The number of carbonyl (C=O) groups is 1. The first-order valence-corrected chi connectivity index (χ1v) is 5.96. The predicted octanol–water partition coefficient (Wildman–Crippen LogP) is 2.88. The van der Waals surface area contributed by atoms with E-state index in [1.165, 1.54) is 6.08 Å². The van der Waals surface area contributed by atoms with Gasteiger partial charge >= 0.3 is 5.97 Å². The van der Waals surface area contributed by atoms with Crippen LogP contribution in [-0.4, -0.2) is 26.2 Å². The quantitative estimate of drug-likeness (QED) is 0.637. The van der Waals surface area contributed by atoms with Gasteiger partial charge in [-0.2, -0.15) is 0 Å². The first-order chi connectivity index (χ1) is 8.67. The zero-order valence-corrected chi connectivity index (χ0v) is 11.2. The van der Waals surface area contributed by atoms with Crippen molar-refractivity contribution in [2.24, 2.45) is 0 Å². The van der Waals surface area contributed by atoms with E-state index >= 15 is 0 Å². The standard InChI is InChI=1S/C13H16ClNO3/c1-3-18-13(16)5-4-8-15-10-6-7-11(14)12(9-10)17-2/h4-7,9,15H,3,8H2,1-2H3/b5-4+. The maximum atomic E-state index is 11.0. The fraction of sp³-hybridized carbons (Fsp3) is 0.308. The van der Waals surface area contributed by atoms with Gasteiger partial charge in [0.15, 0.2) is 0 Å². The zero-order valence-electron chi connectivity index (χ0n) is 10.4.